The molecule has 4 nitrogen and oxygen atoms in total. The van der Waals surface area contributed by atoms with Crippen LogP contribution in [0.3, 0.4) is 0 Å². The van der Waals surface area contributed by atoms with Crippen molar-refractivity contribution in [2.24, 2.45) is 5.92 Å². The second-order valence-electron chi connectivity index (χ2n) is 4.61. The number of hydrogen-bond donors (Lipinski definition) is 2. The number of aliphatic hydroxyl groups is 1. The summed E-state index contributed by atoms with van der Waals surface area (Å²) in [6.45, 7) is 6.28. The molecular weight excluding hydrogens is 216 g/mol. The molecule has 0 spiro atoms. The fourth-order valence-electron chi connectivity index (χ4n) is 1.45. The molecule has 1 rings (SSSR count). The number of aliphatic hydroxyl groups excluding tert-OH is 1. The van der Waals surface area contributed by atoms with E-state index in [4.69, 9.17) is 0 Å². The van der Waals surface area contributed by atoms with Crippen molar-refractivity contribution in [3.8, 4) is 0 Å². The Hall–Kier alpha value is -1.42. The van der Waals surface area contributed by atoms with Crippen molar-refractivity contribution in [2.75, 3.05) is 6.54 Å². The highest BCUT2D eigenvalue weighted by atomic mass is 16.3. The SMILES string of the molecule is Cc1cncc(C(=O)NCCC(O)C(C)C)c1. The maximum absolute atomic E-state index is 11.7. The van der Waals surface area contributed by atoms with E-state index < -0.39 is 0 Å². The van der Waals surface area contributed by atoms with Gasteiger partial charge in [-0.15, -0.1) is 0 Å². The highest BCUT2D eigenvalue weighted by Gasteiger charge is 2.10. The van der Waals surface area contributed by atoms with Gasteiger partial charge in [0.2, 0.25) is 0 Å². The molecule has 94 valence electrons. The van der Waals surface area contributed by atoms with E-state index in [0.717, 1.165) is 5.56 Å². The monoisotopic (exact) mass is 236 g/mol. The van der Waals surface area contributed by atoms with Crippen LogP contribution in [0.15, 0.2) is 18.5 Å². The molecule has 2 N–H and O–H groups in total. The summed E-state index contributed by atoms with van der Waals surface area (Å²) in [5.74, 6) is 0.0738. The first kappa shape index (κ1) is 13.6. The zero-order valence-electron chi connectivity index (χ0n) is 10.6. The lowest BCUT2D eigenvalue weighted by atomic mass is 10.0. The van der Waals surface area contributed by atoms with Crippen LogP contribution in [-0.2, 0) is 0 Å². The number of rotatable bonds is 5. The van der Waals surface area contributed by atoms with Crippen LogP contribution >= 0.6 is 0 Å². The summed E-state index contributed by atoms with van der Waals surface area (Å²) < 4.78 is 0. The molecule has 0 aromatic carbocycles. The van der Waals surface area contributed by atoms with Gasteiger partial charge in [-0.1, -0.05) is 13.8 Å². The van der Waals surface area contributed by atoms with E-state index in [9.17, 15) is 9.90 Å². The highest BCUT2D eigenvalue weighted by Crippen LogP contribution is 2.05. The van der Waals surface area contributed by atoms with Gasteiger partial charge in [0.1, 0.15) is 0 Å². The summed E-state index contributed by atoms with van der Waals surface area (Å²) in [6.07, 6.45) is 3.45. The Morgan fingerprint density at radius 2 is 2.18 bits per heavy atom. The van der Waals surface area contributed by atoms with Gasteiger partial charge in [0, 0.05) is 18.9 Å². The third-order valence-corrected chi connectivity index (χ3v) is 2.63. The van der Waals surface area contributed by atoms with Crippen molar-refractivity contribution in [2.45, 2.75) is 33.3 Å². The quantitative estimate of drug-likeness (QED) is 0.815. The van der Waals surface area contributed by atoms with Gasteiger partial charge in [-0.2, -0.15) is 0 Å². The standard InChI is InChI=1S/C13H20N2O2/c1-9(2)12(16)4-5-15-13(17)11-6-10(3)7-14-8-11/h6-9,12,16H,4-5H2,1-3H3,(H,15,17). The highest BCUT2D eigenvalue weighted by molar-refractivity contribution is 5.93. The molecule has 0 aliphatic rings. The first-order valence-electron chi connectivity index (χ1n) is 5.88. The Balaban J connectivity index is 2.40. The van der Waals surface area contributed by atoms with E-state index in [1.165, 1.54) is 0 Å². The van der Waals surface area contributed by atoms with Gasteiger partial charge in [-0.05, 0) is 30.9 Å². The molecule has 1 amide bonds. The minimum Gasteiger partial charge on any atom is -0.393 e. The van der Waals surface area contributed by atoms with Crippen molar-refractivity contribution < 1.29 is 9.90 Å². The first-order chi connectivity index (χ1) is 8.00. The van der Waals surface area contributed by atoms with Crippen molar-refractivity contribution in [3.63, 3.8) is 0 Å². The maximum atomic E-state index is 11.7. The van der Waals surface area contributed by atoms with Crippen molar-refractivity contribution in [1.82, 2.24) is 10.3 Å². The van der Waals surface area contributed by atoms with Crippen molar-refractivity contribution >= 4 is 5.91 Å². The molecule has 0 aliphatic carbocycles. The lowest BCUT2D eigenvalue weighted by molar-refractivity contribution is 0.0920. The molecule has 4 heteroatoms. The maximum Gasteiger partial charge on any atom is 0.252 e. The number of carbonyl (C=O) groups is 1. The van der Waals surface area contributed by atoms with Gasteiger partial charge >= 0.3 is 0 Å². The second-order valence-corrected chi connectivity index (χ2v) is 4.61. The van der Waals surface area contributed by atoms with Crippen molar-refractivity contribution in [1.29, 1.82) is 0 Å². The number of amides is 1. The predicted octanol–water partition coefficient (Wildman–Crippen LogP) is 1.53. The van der Waals surface area contributed by atoms with Crippen LogP contribution in [0.5, 0.6) is 0 Å². The van der Waals surface area contributed by atoms with E-state index in [2.05, 4.69) is 10.3 Å². The van der Waals surface area contributed by atoms with Gasteiger partial charge < -0.3 is 10.4 Å². The lowest BCUT2D eigenvalue weighted by Crippen LogP contribution is -2.28. The van der Waals surface area contributed by atoms with Crippen LogP contribution in [0.2, 0.25) is 0 Å². The van der Waals surface area contributed by atoms with E-state index in [1.807, 2.05) is 20.8 Å². The summed E-state index contributed by atoms with van der Waals surface area (Å²) in [7, 11) is 0. The van der Waals surface area contributed by atoms with Crippen LogP contribution in [0.1, 0.15) is 36.2 Å². The third-order valence-electron chi connectivity index (χ3n) is 2.63. The number of nitrogens with zero attached hydrogens (tertiary/aromatic N) is 1. The minimum absolute atomic E-state index is 0.142. The van der Waals surface area contributed by atoms with Crippen LogP contribution in [0, 0.1) is 12.8 Å². The molecule has 0 aliphatic heterocycles. The van der Waals surface area contributed by atoms with Gasteiger partial charge in [0.25, 0.3) is 5.91 Å². The van der Waals surface area contributed by atoms with E-state index in [-0.39, 0.29) is 17.9 Å². The fourth-order valence-corrected chi connectivity index (χ4v) is 1.45. The molecule has 1 heterocycles. The average molecular weight is 236 g/mol. The molecule has 0 saturated heterocycles. The molecule has 17 heavy (non-hydrogen) atoms. The topological polar surface area (TPSA) is 62.2 Å². The Bertz CT molecular complexity index is 377. The number of pyridine rings is 1. The van der Waals surface area contributed by atoms with Gasteiger partial charge in [-0.25, -0.2) is 0 Å². The molecule has 0 saturated carbocycles. The number of nitrogens with one attached hydrogen (secondary N) is 1. The van der Waals surface area contributed by atoms with E-state index in [1.54, 1.807) is 18.5 Å². The normalized spacial score (nSPS) is 12.5. The number of aromatic nitrogens is 1. The van der Waals surface area contributed by atoms with Gasteiger partial charge in [-0.3, -0.25) is 9.78 Å². The molecule has 0 fully saturated rings. The Kier molecular flexibility index (Phi) is 5.10. The average Bonchev–Trinajstić information content (AvgIpc) is 2.28. The lowest BCUT2D eigenvalue weighted by Gasteiger charge is -2.14. The minimum atomic E-state index is -0.370. The molecule has 1 atom stereocenters. The summed E-state index contributed by atoms with van der Waals surface area (Å²) in [4.78, 5) is 15.7. The summed E-state index contributed by atoms with van der Waals surface area (Å²) in [5, 5.41) is 12.4. The second kappa shape index (κ2) is 6.35. The Labute approximate surface area is 102 Å². The first-order valence-corrected chi connectivity index (χ1v) is 5.88. The Morgan fingerprint density at radius 3 is 2.76 bits per heavy atom. The smallest absolute Gasteiger partial charge is 0.252 e. The van der Waals surface area contributed by atoms with Gasteiger partial charge in [0.15, 0.2) is 0 Å². The Morgan fingerprint density at radius 1 is 1.47 bits per heavy atom. The summed E-state index contributed by atoms with van der Waals surface area (Å²) in [5.41, 5.74) is 1.52. The largest absolute Gasteiger partial charge is 0.393 e. The third kappa shape index (κ3) is 4.53. The fraction of sp³-hybridized carbons (Fsp3) is 0.538. The van der Waals surface area contributed by atoms with Crippen LogP contribution in [0.25, 0.3) is 0 Å². The van der Waals surface area contributed by atoms with Crippen LogP contribution < -0.4 is 5.32 Å². The van der Waals surface area contributed by atoms with Crippen LogP contribution in [-0.4, -0.2) is 28.6 Å². The number of carbonyl (C=O) groups excluding carboxylic acids is 1. The predicted molar refractivity (Wildman–Crippen MR) is 66.8 cm³/mol. The molecule has 1 aromatic rings. The van der Waals surface area contributed by atoms with Crippen molar-refractivity contribution in [3.05, 3.63) is 29.6 Å². The van der Waals surface area contributed by atoms with E-state index >= 15 is 0 Å². The zero-order valence-corrected chi connectivity index (χ0v) is 10.6. The molecule has 1 aromatic heterocycles. The molecule has 0 bridgehead atoms. The van der Waals surface area contributed by atoms with Crippen LogP contribution in [0.4, 0.5) is 0 Å². The molecule has 1 unspecified atom stereocenters. The molecule has 0 radical (unpaired) electrons. The van der Waals surface area contributed by atoms with Gasteiger partial charge in [0.05, 0.1) is 11.7 Å². The summed E-state index contributed by atoms with van der Waals surface area (Å²) in [6, 6.07) is 1.79. The number of aryl methyl sites for hydroxylation is 1. The molecular formula is C13H20N2O2. The summed E-state index contributed by atoms with van der Waals surface area (Å²) >= 11 is 0. The zero-order chi connectivity index (χ0) is 12.8. The van der Waals surface area contributed by atoms with E-state index in [0.29, 0.717) is 18.5 Å². The number of hydrogen-bond acceptors (Lipinski definition) is 3.